The fourth-order valence-electron chi connectivity index (χ4n) is 7.19. The maximum Gasteiger partial charge on any atom is 0.283 e. The normalized spacial score (nSPS) is 20.0. The molecule has 2 spiro atoms. The highest BCUT2D eigenvalue weighted by molar-refractivity contribution is 9.10. The van der Waals surface area contributed by atoms with E-state index in [1.807, 2.05) is 12.1 Å². The van der Waals surface area contributed by atoms with Crippen LogP contribution in [-0.2, 0) is 27.0 Å². The Kier molecular flexibility index (Phi) is 8.68. The molecule has 282 valence electrons. The van der Waals surface area contributed by atoms with E-state index < -0.39 is 34.3 Å². The van der Waals surface area contributed by atoms with Gasteiger partial charge in [-0.2, -0.15) is 4.39 Å². The number of phenolic OH excluding ortho intramolecular Hbond substituents is 1. The molecule has 0 bridgehead atoms. The Hall–Kier alpha value is -5.80. The highest BCUT2D eigenvalue weighted by Crippen LogP contribution is 2.54. The standard InChI is InChI=1S/C25H23F2N3O3.C15H10BrFN2O3/c1-24(2,31)8-7-14-10-18-21(19(26)11-14)33-20-6-5-15(16-4-3-9-29-22(16)27)12-17(20)25(18)13-32-23(28)30-25;16-7-1-2-12-9(3-7)15(6-21-14(18)19-15)10-4-8(20)5-11(17)13(10)22-12/h3-6,9-12,31H,7-8,13H2,1-2H3,(H2,28,30);1-5,20H,6H2,(H2,18,19)/t25-;15-/m00/s1. The molecular formula is C40H33BrF3N5O6. The van der Waals surface area contributed by atoms with E-state index >= 15 is 4.39 Å². The number of fused-ring (bicyclic) bond motifs is 8. The van der Waals surface area contributed by atoms with Crippen molar-refractivity contribution in [1.29, 1.82) is 0 Å². The molecule has 4 aliphatic rings. The van der Waals surface area contributed by atoms with Gasteiger partial charge >= 0.3 is 0 Å². The fourth-order valence-corrected chi connectivity index (χ4v) is 7.56. The van der Waals surface area contributed by atoms with Gasteiger partial charge in [0.05, 0.1) is 5.60 Å². The lowest BCUT2D eigenvalue weighted by Gasteiger charge is -2.34. The van der Waals surface area contributed by atoms with Crippen LogP contribution in [0.1, 0.15) is 48.1 Å². The van der Waals surface area contributed by atoms with Crippen molar-refractivity contribution in [1.82, 2.24) is 4.98 Å². The molecule has 11 nitrogen and oxygen atoms in total. The predicted molar refractivity (Wildman–Crippen MR) is 200 cm³/mol. The summed E-state index contributed by atoms with van der Waals surface area (Å²) in [6.45, 7) is 3.58. The van der Waals surface area contributed by atoms with E-state index in [-0.39, 0.29) is 42.5 Å². The molecule has 0 radical (unpaired) electrons. The largest absolute Gasteiger partial charge is 0.508 e. The molecule has 0 aliphatic carbocycles. The lowest BCUT2D eigenvalue weighted by Crippen LogP contribution is -2.32. The molecule has 4 aromatic carbocycles. The summed E-state index contributed by atoms with van der Waals surface area (Å²) in [5, 5.41) is 19.9. The summed E-state index contributed by atoms with van der Waals surface area (Å²) in [6, 6.07) is 19.4. The first-order valence-electron chi connectivity index (χ1n) is 17.1. The Balaban J connectivity index is 0.000000168. The lowest BCUT2D eigenvalue weighted by molar-refractivity contribution is 0.0713. The van der Waals surface area contributed by atoms with Crippen LogP contribution in [0.25, 0.3) is 11.1 Å². The van der Waals surface area contributed by atoms with Gasteiger partial charge in [0.25, 0.3) is 12.0 Å². The number of halogens is 4. The summed E-state index contributed by atoms with van der Waals surface area (Å²) in [6.07, 6.45) is 2.28. The molecular weight excluding hydrogens is 783 g/mol. The molecule has 5 aromatic rings. The molecule has 6 N–H and O–H groups in total. The maximum absolute atomic E-state index is 15.2. The molecule has 4 aliphatic heterocycles. The van der Waals surface area contributed by atoms with E-state index in [0.29, 0.717) is 63.3 Å². The molecule has 2 atom stereocenters. The summed E-state index contributed by atoms with van der Waals surface area (Å²) in [5.41, 5.74) is 12.3. The highest BCUT2D eigenvalue weighted by Gasteiger charge is 2.49. The Morgan fingerprint density at radius 1 is 0.782 bits per heavy atom. The smallest absolute Gasteiger partial charge is 0.283 e. The number of rotatable bonds is 4. The highest BCUT2D eigenvalue weighted by atomic mass is 79.9. The number of aromatic hydroxyl groups is 1. The first kappa shape index (κ1) is 36.2. The summed E-state index contributed by atoms with van der Waals surface area (Å²) in [7, 11) is 0. The number of aromatic nitrogens is 1. The Labute approximate surface area is 321 Å². The van der Waals surface area contributed by atoms with Crippen molar-refractivity contribution in [2.45, 2.75) is 43.4 Å². The number of aliphatic hydroxyl groups is 1. The monoisotopic (exact) mass is 815 g/mol. The number of ether oxygens (including phenoxy) is 4. The van der Waals surface area contributed by atoms with E-state index in [2.05, 4.69) is 30.9 Å². The van der Waals surface area contributed by atoms with Crippen molar-refractivity contribution in [3.8, 4) is 39.9 Å². The number of hydrogen-bond acceptors (Lipinski definition) is 11. The first-order valence-corrected chi connectivity index (χ1v) is 17.9. The van der Waals surface area contributed by atoms with Gasteiger partial charge in [-0.25, -0.2) is 23.7 Å². The van der Waals surface area contributed by atoms with Gasteiger partial charge in [0.1, 0.15) is 30.5 Å². The minimum atomic E-state index is -1.15. The van der Waals surface area contributed by atoms with Crippen LogP contribution >= 0.6 is 15.9 Å². The Morgan fingerprint density at radius 2 is 1.38 bits per heavy atom. The molecule has 0 amide bonds. The van der Waals surface area contributed by atoms with Crippen LogP contribution in [0, 0.1) is 17.6 Å². The van der Waals surface area contributed by atoms with Crippen molar-refractivity contribution < 1.29 is 42.3 Å². The van der Waals surface area contributed by atoms with Gasteiger partial charge in [-0.3, -0.25) is 0 Å². The van der Waals surface area contributed by atoms with Crippen LogP contribution in [0.3, 0.4) is 0 Å². The molecule has 0 saturated carbocycles. The number of amidine groups is 2. The van der Waals surface area contributed by atoms with Crippen molar-refractivity contribution in [2.75, 3.05) is 13.2 Å². The molecule has 9 rings (SSSR count). The second-order valence-corrected chi connectivity index (χ2v) is 15.1. The van der Waals surface area contributed by atoms with Crippen molar-refractivity contribution in [2.24, 2.45) is 21.5 Å². The summed E-state index contributed by atoms with van der Waals surface area (Å²) >= 11 is 3.41. The summed E-state index contributed by atoms with van der Waals surface area (Å²) < 4.78 is 67.1. The number of aliphatic imine (C=N–C) groups is 2. The zero-order valence-electron chi connectivity index (χ0n) is 29.4. The molecule has 1 aromatic heterocycles. The van der Waals surface area contributed by atoms with Gasteiger partial charge in [0, 0.05) is 44.6 Å². The topological polar surface area (TPSA) is 167 Å². The molecule has 15 heteroatoms. The molecule has 0 saturated heterocycles. The second kappa shape index (κ2) is 13.2. The Bertz CT molecular complexity index is 2460. The zero-order chi connectivity index (χ0) is 38.9. The van der Waals surface area contributed by atoms with Gasteiger partial charge in [0.2, 0.25) is 5.95 Å². The number of pyridine rings is 1. The van der Waals surface area contributed by atoms with Crippen LogP contribution in [0.4, 0.5) is 13.2 Å². The number of nitrogens with zero attached hydrogens (tertiary/aromatic N) is 3. The van der Waals surface area contributed by atoms with E-state index in [9.17, 15) is 19.0 Å². The number of nitrogens with two attached hydrogens (primary N) is 2. The minimum Gasteiger partial charge on any atom is -0.508 e. The zero-order valence-corrected chi connectivity index (χ0v) is 31.0. The van der Waals surface area contributed by atoms with E-state index in [4.69, 9.17) is 30.4 Å². The minimum absolute atomic E-state index is 0.0162. The number of aryl methyl sites for hydroxylation is 1. The van der Waals surface area contributed by atoms with E-state index in [1.54, 1.807) is 56.3 Å². The average Bonchev–Trinajstić information content (AvgIpc) is 3.72. The van der Waals surface area contributed by atoms with Crippen LogP contribution < -0.4 is 20.9 Å². The van der Waals surface area contributed by atoms with Gasteiger partial charge in [-0.15, -0.1) is 0 Å². The predicted octanol–water partition coefficient (Wildman–Crippen LogP) is 7.41. The van der Waals surface area contributed by atoms with Gasteiger partial charge in [0.15, 0.2) is 34.2 Å². The van der Waals surface area contributed by atoms with E-state index in [1.165, 1.54) is 18.3 Å². The number of phenols is 1. The van der Waals surface area contributed by atoms with Crippen molar-refractivity contribution >= 4 is 28.0 Å². The Morgan fingerprint density at radius 3 is 1.98 bits per heavy atom. The SMILES string of the molecule is CC(C)(O)CCc1cc(F)c2c(c1)[C@]1(COC(N)=N1)c1cc(-c3cccnc3F)ccc1O2.NC1=N[C@@]2(CO1)c1cc(Br)ccc1Oc1c(F)cc(O)cc12. The number of hydrogen-bond donors (Lipinski definition) is 4. The van der Waals surface area contributed by atoms with Gasteiger partial charge in [-0.1, -0.05) is 22.0 Å². The molecule has 55 heavy (non-hydrogen) atoms. The fraction of sp³-hybridized carbons (Fsp3) is 0.225. The summed E-state index contributed by atoms with van der Waals surface area (Å²) in [5.74, 6) is -1.07. The van der Waals surface area contributed by atoms with Crippen molar-refractivity contribution in [3.63, 3.8) is 0 Å². The van der Waals surface area contributed by atoms with Crippen LogP contribution in [0.15, 0.2) is 93.5 Å². The average molecular weight is 817 g/mol. The maximum atomic E-state index is 15.2. The van der Waals surface area contributed by atoms with Crippen LogP contribution in [0.5, 0.6) is 28.7 Å². The quantitative estimate of drug-likeness (QED) is 0.135. The van der Waals surface area contributed by atoms with Crippen molar-refractivity contribution in [3.05, 3.63) is 129 Å². The summed E-state index contributed by atoms with van der Waals surface area (Å²) in [4.78, 5) is 12.7. The third kappa shape index (κ3) is 6.36. The van der Waals surface area contributed by atoms with Crippen LogP contribution in [0.2, 0.25) is 0 Å². The third-order valence-corrected chi connectivity index (χ3v) is 10.3. The molecule has 0 unspecified atom stereocenters. The van der Waals surface area contributed by atoms with Gasteiger partial charge in [-0.05, 0) is 98.5 Å². The number of benzene rings is 4. The first-order chi connectivity index (χ1) is 26.2. The van der Waals surface area contributed by atoms with Gasteiger partial charge < -0.3 is 40.6 Å². The van der Waals surface area contributed by atoms with Crippen LogP contribution in [-0.4, -0.2) is 46.1 Å². The molecule has 0 fully saturated rings. The second-order valence-electron chi connectivity index (χ2n) is 14.2. The molecule has 5 heterocycles. The lowest BCUT2D eigenvalue weighted by atomic mass is 9.79. The van der Waals surface area contributed by atoms with E-state index in [0.717, 1.165) is 10.5 Å². The third-order valence-electron chi connectivity index (χ3n) is 9.81.